The van der Waals surface area contributed by atoms with Gasteiger partial charge >= 0.3 is 0 Å². The van der Waals surface area contributed by atoms with Gasteiger partial charge in [0.05, 0.1) is 27.9 Å². The maximum atomic E-state index is 14.5. The maximum absolute atomic E-state index is 14.5. The molecule has 6 N–H and O–H groups in total. The summed E-state index contributed by atoms with van der Waals surface area (Å²) in [7, 11) is 0. The molecule has 13 heteroatoms. The molecule has 0 radical (unpaired) electrons. The van der Waals surface area contributed by atoms with Gasteiger partial charge in [0.2, 0.25) is 23.6 Å². The Bertz CT molecular complexity index is 1740. The zero-order valence-corrected chi connectivity index (χ0v) is 31.7. The van der Waals surface area contributed by atoms with Crippen molar-refractivity contribution < 1.29 is 28.7 Å². The van der Waals surface area contributed by atoms with Gasteiger partial charge in [-0.3, -0.25) is 19.2 Å². The number of nitrogens with two attached hydrogens (primary N) is 1. The van der Waals surface area contributed by atoms with Gasteiger partial charge in [-0.05, 0) is 87.1 Å². The number of para-hydroxylation sites is 1. The van der Waals surface area contributed by atoms with E-state index in [1.807, 2.05) is 43.3 Å². The van der Waals surface area contributed by atoms with Gasteiger partial charge in [0.1, 0.15) is 23.9 Å². The molecule has 4 amide bonds. The average molecular weight is 747 g/mol. The largest absolute Gasteiger partial charge is 0.493 e. The van der Waals surface area contributed by atoms with E-state index in [1.54, 1.807) is 6.92 Å². The third-order valence-corrected chi connectivity index (χ3v) is 12.1. The highest BCUT2D eigenvalue weighted by molar-refractivity contribution is 7.18. The number of nitrogens with one attached hydrogen (secondary N) is 4. The number of carbonyl (C=O) groups excluding carboxylic acids is 4. The van der Waals surface area contributed by atoms with Crippen molar-refractivity contribution in [2.45, 2.75) is 102 Å². The molecule has 0 spiro atoms. The third kappa shape index (κ3) is 10.1. The minimum atomic E-state index is -0.940. The van der Waals surface area contributed by atoms with Crippen molar-refractivity contribution >= 4 is 45.2 Å². The van der Waals surface area contributed by atoms with E-state index in [2.05, 4.69) is 27.3 Å². The van der Waals surface area contributed by atoms with E-state index in [9.17, 15) is 19.2 Å². The lowest BCUT2D eigenvalue weighted by Crippen LogP contribution is -2.60. The molecule has 286 valence electrons. The Labute approximate surface area is 315 Å². The summed E-state index contributed by atoms with van der Waals surface area (Å²) in [5, 5.41) is 12.9. The molecule has 1 saturated carbocycles. The predicted molar refractivity (Wildman–Crippen MR) is 204 cm³/mol. The Balaban J connectivity index is 1.22. The number of rotatable bonds is 14. The molecule has 1 aromatic heterocycles. The molecule has 12 nitrogen and oxygen atoms in total. The highest BCUT2D eigenvalue weighted by Crippen LogP contribution is 2.34. The van der Waals surface area contributed by atoms with Crippen molar-refractivity contribution in [3.05, 3.63) is 58.6 Å². The lowest BCUT2D eigenvalue weighted by Gasteiger charge is -2.34. The lowest BCUT2D eigenvalue weighted by atomic mass is 9.79. The zero-order chi connectivity index (χ0) is 37.3. The highest BCUT2D eigenvalue weighted by atomic mass is 32.1. The van der Waals surface area contributed by atoms with Crippen LogP contribution in [0.2, 0.25) is 0 Å². The van der Waals surface area contributed by atoms with Gasteiger partial charge < -0.3 is 36.5 Å². The van der Waals surface area contributed by atoms with E-state index in [0.29, 0.717) is 63.0 Å². The monoisotopic (exact) mass is 746 g/mol. The number of aryl methyl sites for hydroxylation is 1. The number of fused-ring (bicyclic) bond motifs is 2. The summed E-state index contributed by atoms with van der Waals surface area (Å²) in [6.07, 6.45) is 6.49. The minimum Gasteiger partial charge on any atom is -0.493 e. The first-order valence-electron chi connectivity index (χ1n) is 19.3. The molecule has 6 rings (SSSR count). The average Bonchev–Trinajstić information content (AvgIpc) is 3.58. The van der Waals surface area contributed by atoms with E-state index >= 15 is 0 Å². The zero-order valence-electron chi connectivity index (χ0n) is 30.9. The molecule has 3 heterocycles. The van der Waals surface area contributed by atoms with Gasteiger partial charge in [-0.2, -0.15) is 0 Å². The smallest absolute Gasteiger partial charge is 0.243 e. The molecule has 1 saturated heterocycles. The van der Waals surface area contributed by atoms with Crippen LogP contribution in [-0.4, -0.2) is 73.1 Å². The third-order valence-electron chi connectivity index (χ3n) is 11.0. The van der Waals surface area contributed by atoms with Crippen molar-refractivity contribution in [3.8, 4) is 5.75 Å². The van der Waals surface area contributed by atoms with E-state index < -0.39 is 29.9 Å². The highest BCUT2D eigenvalue weighted by Gasteiger charge is 2.37. The predicted octanol–water partition coefficient (Wildman–Crippen LogP) is 4.23. The van der Waals surface area contributed by atoms with Crippen molar-refractivity contribution in [1.29, 1.82) is 0 Å². The van der Waals surface area contributed by atoms with E-state index in [1.165, 1.54) is 11.3 Å². The Hall–Kier alpha value is -4.07. The van der Waals surface area contributed by atoms with Crippen LogP contribution in [-0.2, 0) is 30.3 Å². The standard InChI is InChI=1S/C40H54N6O6S/c1-3-35(47)42-32(22-36-43-30-13-8-24(2)20-34(30)53-36)39(49)46-37(27-14-17-51-18-15-27)40(50)45-31(21-25-9-11-26(23-41)12-10-25)38(48)44-29-16-19-52-33-7-5-4-6-28(29)33/h4-8,13,20,25-27,29,31-32,37H,3,9-12,14-19,21-23,41H2,1-2H3,(H,42,47)(H,44,48)(H,45,50)(H,46,49)/t25?,26?,29-,31+,32+,37+/m1/s1. The molecule has 2 aromatic carbocycles. The Morgan fingerprint density at radius 1 is 0.868 bits per heavy atom. The molecule has 53 heavy (non-hydrogen) atoms. The van der Waals surface area contributed by atoms with Crippen molar-refractivity contribution in [1.82, 2.24) is 26.3 Å². The van der Waals surface area contributed by atoms with Crippen LogP contribution in [0.15, 0.2) is 42.5 Å². The number of hydrogen-bond donors (Lipinski definition) is 5. The summed E-state index contributed by atoms with van der Waals surface area (Å²) < 4.78 is 12.5. The molecule has 3 aliphatic rings. The molecule has 2 fully saturated rings. The van der Waals surface area contributed by atoms with Gasteiger partial charge in [0, 0.05) is 38.0 Å². The normalized spacial score (nSPS) is 22.1. The number of ether oxygens (including phenoxy) is 2. The van der Waals surface area contributed by atoms with E-state index in [-0.39, 0.29) is 42.5 Å². The van der Waals surface area contributed by atoms with Crippen LogP contribution in [0.3, 0.4) is 0 Å². The summed E-state index contributed by atoms with van der Waals surface area (Å²) in [6.45, 7) is 5.80. The van der Waals surface area contributed by atoms with Crippen molar-refractivity contribution in [2.24, 2.45) is 23.5 Å². The van der Waals surface area contributed by atoms with Gasteiger partial charge in [0.25, 0.3) is 0 Å². The number of nitrogens with zero attached hydrogens (tertiary/aromatic N) is 1. The molecule has 1 aliphatic carbocycles. The van der Waals surface area contributed by atoms with Crippen LogP contribution >= 0.6 is 11.3 Å². The molecule has 0 unspecified atom stereocenters. The van der Waals surface area contributed by atoms with Crippen LogP contribution in [0.25, 0.3) is 10.2 Å². The van der Waals surface area contributed by atoms with Gasteiger partial charge in [-0.15, -0.1) is 11.3 Å². The summed E-state index contributed by atoms with van der Waals surface area (Å²) in [6, 6.07) is 10.8. The number of amides is 4. The van der Waals surface area contributed by atoms with Crippen LogP contribution in [0, 0.1) is 24.7 Å². The summed E-state index contributed by atoms with van der Waals surface area (Å²) in [4.78, 5) is 60.2. The second kappa shape index (κ2) is 18.3. The first kappa shape index (κ1) is 38.6. The van der Waals surface area contributed by atoms with E-state index in [0.717, 1.165) is 52.8 Å². The van der Waals surface area contributed by atoms with Gasteiger partial charge in [-0.1, -0.05) is 44.0 Å². The number of benzene rings is 2. The topological polar surface area (TPSA) is 174 Å². The van der Waals surface area contributed by atoms with E-state index in [4.69, 9.17) is 20.2 Å². The Morgan fingerprint density at radius 2 is 1.62 bits per heavy atom. The minimum absolute atomic E-state index is 0.182. The molecular formula is C40H54N6O6S. The fourth-order valence-electron chi connectivity index (χ4n) is 7.84. The first-order valence-corrected chi connectivity index (χ1v) is 20.1. The van der Waals surface area contributed by atoms with Crippen LogP contribution in [0.4, 0.5) is 0 Å². The number of thiazole rings is 1. The second-order valence-electron chi connectivity index (χ2n) is 14.8. The van der Waals surface area contributed by atoms with Gasteiger partial charge in [0.15, 0.2) is 0 Å². The van der Waals surface area contributed by atoms with Gasteiger partial charge in [-0.25, -0.2) is 4.98 Å². The van der Waals surface area contributed by atoms with Crippen molar-refractivity contribution in [3.63, 3.8) is 0 Å². The fourth-order valence-corrected chi connectivity index (χ4v) is 8.95. The number of carbonyl (C=O) groups is 4. The summed E-state index contributed by atoms with van der Waals surface area (Å²) >= 11 is 1.49. The second-order valence-corrected chi connectivity index (χ2v) is 16.0. The molecule has 3 aromatic rings. The Morgan fingerprint density at radius 3 is 2.38 bits per heavy atom. The van der Waals surface area contributed by atoms with Crippen LogP contribution in [0.5, 0.6) is 5.75 Å². The number of hydrogen-bond acceptors (Lipinski definition) is 9. The summed E-state index contributed by atoms with van der Waals surface area (Å²) in [5.74, 6) is -0.143. The van der Waals surface area contributed by atoms with Crippen LogP contribution < -0.4 is 31.7 Å². The number of aromatic nitrogens is 1. The molecule has 4 atom stereocenters. The molecule has 2 aliphatic heterocycles. The van der Waals surface area contributed by atoms with Crippen LogP contribution in [0.1, 0.15) is 86.9 Å². The SMILES string of the molecule is CCC(=O)N[C@@H](Cc1nc2ccc(C)cc2s1)C(=O)N[C@H](C(=O)N[C@@H](CC1CCC(CN)CC1)C(=O)N[C@@H]1CCOc2ccccc21)C1CCOCC1. The fraction of sp³-hybridized carbons (Fsp3) is 0.575. The molecule has 0 bridgehead atoms. The lowest BCUT2D eigenvalue weighted by molar-refractivity contribution is -0.136. The molecular weight excluding hydrogens is 693 g/mol. The maximum Gasteiger partial charge on any atom is 0.243 e. The van der Waals surface area contributed by atoms with Crippen molar-refractivity contribution in [2.75, 3.05) is 26.4 Å². The first-order chi connectivity index (χ1) is 25.7. The quantitative estimate of drug-likeness (QED) is 0.163. The summed E-state index contributed by atoms with van der Waals surface area (Å²) in [5.41, 5.74) is 8.83. The Kier molecular flexibility index (Phi) is 13.4.